The molecule has 0 aromatic heterocycles. The van der Waals surface area contributed by atoms with Crippen LogP contribution >= 0.6 is 24.2 Å². The molecule has 1 heterocycles. The number of thioether (sulfide) groups is 1. The maximum Gasteiger partial charge on any atom is 0.122 e. The van der Waals surface area contributed by atoms with Crippen molar-refractivity contribution in [2.24, 2.45) is 0 Å². The van der Waals surface area contributed by atoms with E-state index in [1.165, 1.54) is 16.0 Å². The van der Waals surface area contributed by atoms with Crippen LogP contribution < -0.4 is 4.74 Å². The summed E-state index contributed by atoms with van der Waals surface area (Å²) in [5.41, 5.74) is 2.82. The summed E-state index contributed by atoms with van der Waals surface area (Å²) in [5.74, 6) is 1.03. The van der Waals surface area contributed by atoms with Crippen LogP contribution in [-0.4, -0.2) is 50.6 Å². The van der Waals surface area contributed by atoms with Crippen molar-refractivity contribution in [3.8, 4) is 5.75 Å². The van der Waals surface area contributed by atoms with Gasteiger partial charge < -0.3 is 9.47 Å². The van der Waals surface area contributed by atoms with Gasteiger partial charge in [0.25, 0.3) is 0 Å². The fourth-order valence-electron chi connectivity index (χ4n) is 3.28. The summed E-state index contributed by atoms with van der Waals surface area (Å²) >= 11 is 1.82. The van der Waals surface area contributed by atoms with Gasteiger partial charge in [0.2, 0.25) is 0 Å². The van der Waals surface area contributed by atoms with Gasteiger partial charge in [-0.3, -0.25) is 4.90 Å². The SMILES string of the molecule is COc1ccc(SC)c2c1CC1C(C2)OCCN1C.Cl. The van der Waals surface area contributed by atoms with Gasteiger partial charge in [-0.1, -0.05) is 0 Å². The molecular formula is C15H22ClNO2S. The molecule has 3 nitrogen and oxygen atoms in total. The largest absolute Gasteiger partial charge is 0.496 e. The molecule has 20 heavy (non-hydrogen) atoms. The second-order valence-electron chi connectivity index (χ2n) is 5.29. The minimum absolute atomic E-state index is 0. The van der Waals surface area contributed by atoms with Gasteiger partial charge in [-0.25, -0.2) is 0 Å². The number of halogens is 1. The molecule has 0 spiro atoms. The normalized spacial score (nSPS) is 25.4. The van der Waals surface area contributed by atoms with E-state index in [0.29, 0.717) is 12.1 Å². The molecule has 0 radical (unpaired) electrons. The number of benzene rings is 1. The van der Waals surface area contributed by atoms with Crippen LogP contribution in [0.1, 0.15) is 11.1 Å². The molecule has 1 aliphatic carbocycles. The van der Waals surface area contributed by atoms with Crippen molar-refractivity contribution >= 4 is 24.2 Å². The zero-order valence-electron chi connectivity index (χ0n) is 12.2. The molecule has 2 atom stereocenters. The molecule has 0 amide bonds. The van der Waals surface area contributed by atoms with Gasteiger partial charge in [-0.2, -0.15) is 0 Å². The Balaban J connectivity index is 0.00000147. The highest BCUT2D eigenvalue weighted by atomic mass is 35.5. The van der Waals surface area contributed by atoms with Crippen molar-refractivity contribution in [2.75, 3.05) is 33.6 Å². The van der Waals surface area contributed by atoms with Crippen LogP contribution in [0.2, 0.25) is 0 Å². The van der Waals surface area contributed by atoms with Gasteiger partial charge >= 0.3 is 0 Å². The Hall–Kier alpha value is -0.420. The maximum absolute atomic E-state index is 5.99. The van der Waals surface area contributed by atoms with E-state index in [1.54, 1.807) is 7.11 Å². The Morgan fingerprint density at radius 2 is 2.10 bits per heavy atom. The predicted molar refractivity (Wildman–Crippen MR) is 85.6 cm³/mol. The van der Waals surface area contributed by atoms with Crippen LogP contribution in [-0.2, 0) is 17.6 Å². The average molecular weight is 316 g/mol. The lowest BCUT2D eigenvalue weighted by molar-refractivity contribution is -0.0649. The van der Waals surface area contributed by atoms with Gasteiger partial charge in [-0.05, 0) is 37.4 Å². The first-order chi connectivity index (χ1) is 9.24. The first kappa shape index (κ1) is 16.0. The van der Waals surface area contributed by atoms with Crippen LogP contribution in [0.5, 0.6) is 5.75 Å². The van der Waals surface area contributed by atoms with Crippen LogP contribution in [0, 0.1) is 0 Å². The molecule has 5 heteroatoms. The number of hydrogen-bond acceptors (Lipinski definition) is 4. The molecule has 0 saturated carbocycles. The fourth-order valence-corrected chi connectivity index (χ4v) is 3.94. The fraction of sp³-hybridized carbons (Fsp3) is 0.600. The third-order valence-corrected chi connectivity index (χ3v) is 5.20. The molecule has 1 aromatic rings. The smallest absolute Gasteiger partial charge is 0.122 e. The molecule has 1 saturated heterocycles. The first-order valence-corrected chi connectivity index (χ1v) is 8.01. The monoisotopic (exact) mass is 315 g/mol. The molecule has 2 unspecified atom stereocenters. The van der Waals surface area contributed by atoms with Gasteiger partial charge in [0.05, 0.1) is 19.8 Å². The Labute approximate surface area is 131 Å². The van der Waals surface area contributed by atoms with E-state index >= 15 is 0 Å². The molecule has 112 valence electrons. The summed E-state index contributed by atoms with van der Waals surface area (Å²) in [6.45, 7) is 1.88. The van der Waals surface area contributed by atoms with Crippen molar-refractivity contribution in [2.45, 2.75) is 29.9 Å². The number of fused-ring (bicyclic) bond motifs is 2. The molecule has 1 fully saturated rings. The summed E-state index contributed by atoms with van der Waals surface area (Å²) in [7, 11) is 3.97. The second kappa shape index (κ2) is 6.56. The Morgan fingerprint density at radius 1 is 1.30 bits per heavy atom. The zero-order valence-corrected chi connectivity index (χ0v) is 13.9. The Morgan fingerprint density at radius 3 is 2.80 bits per heavy atom. The quantitative estimate of drug-likeness (QED) is 0.782. The summed E-state index contributed by atoms with van der Waals surface area (Å²) in [6.07, 6.45) is 4.53. The van der Waals surface area contributed by atoms with Gasteiger partial charge in [0, 0.05) is 29.5 Å². The van der Waals surface area contributed by atoms with Gasteiger partial charge in [0.1, 0.15) is 5.75 Å². The number of ether oxygens (including phenoxy) is 2. The second-order valence-corrected chi connectivity index (χ2v) is 6.14. The molecule has 0 bridgehead atoms. The van der Waals surface area contributed by atoms with E-state index in [9.17, 15) is 0 Å². The van der Waals surface area contributed by atoms with Crippen molar-refractivity contribution < 1.29 is 9.47 Å². The zero-order chi connectivity index (χ0) is 13.4. The van der Waals surface area contributed by atoms with E-state index in [2.05, 4.69) is 30.3 Å². The molecule has 2 aliphatic rings. The predicted octanol–water partition coefficient (Wildman–Crippen LogP) is 2.64. The van der Waals surface area contributed by atoms with Crippen molar-refractivity contribution in [3.05, 3.63) is 23.3 Å². The molecule has 0 N–H and O–H groups in total. The minimum Gasteiger partial charge on any atom is -0.496 e. The third kappa shape index (κ3) is 2.67. The highest BCUT2D eigenvalue weighted by Gasteiger charge is 2.36. The van der Waals surface area contributed by atoms with Crippen LogP contribution in [0.4, 0.5) is 0 Å². The molecule has 3 rings (SSSR count). The number of nitrogens with zero attached hydrogens (tertiary/aromatic N) is 1. The van der Waals surface area contributed by atoms with E-state index < -0.39 is 0 Å². The van der Waals surface area contributed by atoms with E-state index in [0.717, 1.165) is 31.7 Å². The van der Waals surface area contributed by atoms with E-state index in [4.69, 9.17) is 9.47 Å². The lowest BCUT2D eigenvalue weighted by Crippen LogP contribution is -2.53. The average Bonchev–Trinajstić information content (AvgIpc) is 2.45. The summed E-state index contributed by atoms with van der Waals surface area (Å²) < 4.78 is 11.5. The Kier molecular flexibility index (Phi) is 5.24. The van der Waals surface area contributed by atoms with Crippen molar-refractivity contribution in [3.63, 3.8) is 0 Å². The number of hydrogen-bond donors (Lipinski definition) is 0. The third-order valence-electron chi connectivity index (χ3n) is 4.37. The lowest BCUT2D eigenvalue weighted by Gasteiger charge is -2.43. The number of methoxy groups -OCH3 is 1. The standard InChI is InChI=1S/C15H21NO2S.ClH/c1-16-6-7-18-14-9-11-10(8-12(14)16)13(17-2)4-5-15(11)19-3;/h4-5,12,14H,6-9H2,1-3H3;1H. The Bertz CT molecular complexity index is 483. The topological polar surface area (TPSA) is 21.7 Å². The van der Waals surface area contributed by atoms with E-state index in [1.807, 2.05) is 11.8 Å². The highest BCUT2D eigenvalue weighted by molar-refractivity contribution is 7.98. The first-order valence-electron chi connectivity index (χ1n) is 6.79. The maximum atomic E-state index is 5.99. The molecule has 1 aliphatic heterocycles. The van der Waals surface area contributed by atoms with Crippen molar-refractivity contribution in [1.29, 1.82) is 0 Å². The number of rotatable bonds is 2. The summed E-state index contributed by atoms with van der Waals surface area (Å²) in [6, 6.07) is 4.77. The number of morpholine rings is 1. The summed E-state index contributed by atoms with van der Waals surface area (Å²) in [5, 5.41) is 0. The summed E-state index contributed by atoms with van der Waals surface area (Å²) in [4.78, 5) is 3.80. The highest BCUT2D eigenvalue weighted by Crippen LogP contribution is 2.38. The molecular weight excluding hydrogens is 294 g/mol. The van der Waals surface area contributed by atoms with E-state index in [-0.39, 0.29) is 12.4 Å². The van der Waals surface area contributed by atoms with Crippen LogP contribution in [0.3, 0.4) is 0 Å². The lowest BCUT2D eigenvalue weighted by atomic mass is 9.84. The minimum atomic E-state index is 0. The van der Waals surface area contributed by atoms with Crippen LogP contribution in [0.15, 0.2) is 17.0 Å². The van der Waals surface area contributed by atoms with Gasteiger partial charge in [-0.15, -0.1) is 24.2 Å². The van der Waals surface area contributed by atoms with Gasteiger partial charge in [0.15, 0.2) is 0 Å². The molecule has 1 aromatic carbocycles. The van der Waals surface area contributed by atoms with Crippen molar-refractivity contribution in [1.82, 2.24) is 4.90 Å². The van der Waals surface area contributed by atoms with Crippen LogP contribution in [0.25, 0.3) is 0 Å². The number of likely N-dealkylation sites (N-methyl/N-ethyl adjacent to an activating group) is 1.